The summed E-state index contributed by atoms with van der Waals surface area (Å²) in [5, 5.41) is 38.2. The fraction of sp³-hybridized carbons (Fsp3) is 0. The summed E-state index contributed by atoms with van der Waals surface area (Å²) in [5.41, 5.74) is -0.768. The SMILES string of the molecule is [2H]c1c(O)cc2oc(-c3ccc(O)cc3)c(O)c(=O)c2c1O. The average molecular weight is 287 g/mol. The summed E-state index contributed by atoms with van der Waals surface area (Å²) in [7, 11) is 0. The van der Waals surface area contributed by atoms with E-state index in [1.54, 1.807) is 0 Å². The van der Waals surface area contributed by atoms with Crippen molar-refractivity contribution in [2.24, 2.45) is 0 Å². The molecule has 6 heteroatoms. The predicted molar refractivity (Wildman–Crippen MR) is 74.6 cm³/mol. The van der Waals surface area contributed by atoms with Crippen LogP contribution in [-0.2, 0) is 0 Å². The Morgan fingerprint density at radius 1 is 1.00 bits per heavy atom. The Morgan fingerprint density at radius 3 is 2.33 bits per heavy atom. The zero-order valence-corrected chi connectivity index (χ0v) is 10.5. The maximum atomic E-state index is 12.2. The molecule has 0 aliphatic carbocycles. The first-order valence-electron chi connectivity index (χ1n) is 6.41. The first kappa shape index (κ1) is 11.7. The highest BCUT2D eigenvalue weighted by Crippen LogP contribution is 2.35. The van der Waals surface area contributed by atoms with Crippen molar-refractivity contribution in [3.05, 3.63) is 46.6 Å². The Morgan fingerprint density at radius 2 is 1.67 bits per heavy atom. The molecule has 0 aliphatic rings. The molecule has 4 N–H and O–H groups in total. The highest BCUT2D eigenvalue weighted by atomic mass is 16.4. The topological polar surface area (TPSA) is 111 Å². The fourth-order valence-corrected chi connectivity index (χ4v) is 2.02. The van der Waals surface area contributed by atoms with Gasteiger partial charge in [0.15, 0.2) is 5.76 Å². The van der Waals surface area contributed by atoms with Crippen LogP contribution in [0.15, 0.2) is 45.6 Å². The molecule has 106 valence electrons. The van der Waals surface area contributed by atoms with Gasteiger partial charge in [0.25, 0.3) is 0 Å². The number of benzene rings is 2. The second-order valence-corrected chi connectivity index (χ2v) is 4.40. The van der Waals surface area contributed by atoms with Gasteiger partial charge in [-0.2, -0.15) is 0 Å². The third-order valence-electron chi connectivity index (χ3n) is 3.00. The number of phenolic OH excluding ortho intramolecular Hbond substituents is 3. The lowest BCUT2D eigenvalue weighted by molar-refractivity contribution is 0.438. The van der Waals surface area contributed by atoms with E-state index in [-0.39, 0.29) is 22.5 Å². The minimum atomic E-state index is -0.921. The van der Waals surface area contributed by atoms with Crippen LogP contribution in [0.25, 0.3) is 22.3 Å². The smallest absolute Gasteiger partial charge is 0.238 e. The lowest BCUT2D eigenvalue weighted by Gasteiger charge is -2.07. The van der Waals surface area contributed by atoms with Gasteiger partial charge in [-0.05, 0) is 24.3 Å². The predicted octanol–water partition coefficient (Wildman–Crippen LogP) is 2.28. The Hall–Kier alpha value is -3.15. The maximum Gasteiger partial charge on any atom is 0.238 e. The normalized spacial score (nSPS) is 11.5. The van der Waals surface area contributed by atoms with Crippen LogP contribution in [0.1, 0.15) is 1.37 Å². The van der Waals surface area contributed by atoms with E-state index < -0.39 is 28.7 Å². The van der Waals surface area contributed by atoms with Crippen molar-refractivity contribution in [2.45, 2.75) is 0 Å². The number of phenols is 3. The summed E-state index contributed by atoms with van der Waals surface area (Å²) in [6, 6.07) is 5.94. The van der Waals surface area contributed by atoms with Crippen molar-refractivity contribution in [2.75, 3.05) is 0 Å². The number of fused-ring (bicyclic) bond motifs is 1. The van der Waals surface area contributed by atoms with Crippen molar-refractivity contribution >= 4 is 11.0 Å². The zero-order valence-electron chi connectivity index (χ0n) is 11.5. The molecule has 6 nitrogen and oxygen atoms in total. The molecule has 21 heavy (non-hydrogen) atoms. The Bertz CT molecular complexity index is 943. The number of hydrogen-bond donors (Lipinski definition) is 4. The molecule has 0 spiro atoms. The lowest BCUT2D eigenvalue weighted by Crippen LogP contribution is -2.02. The van der Waals surface area contributed by atoms with Crippen LogP contribution in [0.4, 0.5) is 0 Å². The van der Waals surface area contributed by atoms with Crippen LogP contribution in [-0.4, -0.2) is 20.4 Å². The van der Waals surface area contributed by atoms with Gasteiger partial charge in [-0.25, -0.2) is 0 Å². The Labute approximate surface area is 119 Å². The molecule has 3 aromatic rings. The summed E-state index contributed by atoms with van der Waals surface area (Å²) >= 11 is 0. The van der Waals surface area contributed by atoms with Crippen LogP contribution in [0, 0.1) is 0 Å². The Balaban J connectivity index is 2.39. The van der Waals surface area contributed by atoms with Crippen LogP contribution in [0.5, 0.6) is 23.0 Å². The molecule has 0 saturated carbocycles. The van der Waals surface area contributed by atoms with E-state index in [9.17, 15) is 25.2 Å². The fourth-order valence-electron chi connectivity index (χ4n) is 2.02. The minimum Gasteiger partial charge on any atom is -0.508 e. The van der Waals surface area contributed by atoms with Gasteiger partial charge in [0.1, 0.15) is 28.2 Å². The van der Waals surface area contributed by atoms with Crippen molar-refractivity contribution < 1.29 is 26.2 Å². The molecule has 0 bridgehead atoms. The van der Waals surface area contributed by atoms with E-state index in [1.807, 2.05) is 0 Å². The molecule has 0 saturated heterocycles. The van der Waals surface area contributed by atoms with Crippen molar-refractivity contribution in [1.29, 1.82) is 0 Å². The van der Waals surface area contributed by atoms with Gasteiger partial charge in [0, 0.05) is 17.7 Å². The summed E-state index contributed by atoms with van der Waals surface area (Å²) in [4.78, 5) is 12.2. The average Bonchev–Trinajstić information content (AvgIpc) is 2.49. The van der Waals surface area contributed by atoms with E-state index >= 15 is 0 Å². The van der Waals surface area contributed by atoms with Gasteiger partial charge >= 0.3 is 0 Å². The largest absolute Gasteiger partial charge is 0.508 e. The van der Waals surface area contributed by atoms with Gasteiger partial charge in [-0.15, -0.1) is 0 Å². The van der Waals surface area contributed by atoms with Gasteiger partial charge < -0.3 is 24.8 Å². The zero-order chi connectivity index (χ0) is 16.0. The van der Waals surface area contributed by atoms with E-state index in [2.05, 4.69) is 0 Å². The first-order chi connectivity index (χ1) is 10.4. The summed E-state index contributed by atoms with van der Waals surface area (Å²) in [6.07, 6.45) is 0. The van der Waals surface area contributed by atoms with E-state index in [0.29, 0.717) is 5.56 Å². The molecule has 0 atom stereocenters. The van der Waals surface area contributed by atoms with E-state index in [4.69, 9.17) is 5.79 Å². The molecule has 0 aliphatic heterocycles. The molecule has 2 aromatic carbocycles. The van der Waals surface area contributed by atoms with Crippen molar-refractivity contribution in [1.82, 2.24) is 0 Å². The van der Waals surface area contributed by atoms with Crippen LogP contribution in [0.3, 0.4) is 0 Å². The van der Waals surface area contributed by atoms with Crippen molar-refractivity contribution in [3.8, 4) is 34.3 Å². The van der Waals surface area contributed by atoms with E-state index in [1.165, 1.54) is 24.3 Å². The second-order valence-electron chi connectivity index (χ2n) is 4.40. The van der Waals surface area contributed by atoms with Gasteiger partial charge in [-0.1, -0.05) is 0 Å². The number of hydrogen-bond acceptors (Lipinski definition) is 6. The molecule has 0 amide bonds. The molecule has 0 radical (unpaired) electrons. The number of aromatic hydroxyl groups is 4. The minimum absolute atomic E-state index is 0.000475. The molecular weight excluding hydrogens is 276 g/mol. The lowest BCUT2D eigenvalue weighted by atomic mass is 10.1. The summed E-state index contributed by atoms with van der Waals surface area (Å²) in [6.45, 7) is 0. The maximum absolute atomic E-state index is 12.2. The molecule has 1 heterocycles. The third kappa shape index (κ3) is 2.02. The van der Waals surface area contributed by atoms with Crippen LogP contribution >= 0.6 is 0 Å². The van der Waals surface area contributed by atoms with Crippen LogP contribution < -0.4 is 5.43 Å². The summed E-state index contributed by atoms with van der Waals surface area (Å²) < 4.78 is 12.8. The van der Waals surface area contributed by atoms with E-state index in [0.717, 1.165) is 6.07 Å². The first-order valence-corrected chi connectivity index (χ1v) is 5.91. The molecule has 1 aromatic heterocycles. The quantitative estimate of drug-likeness (QED) is 0.546. The van der Waals surface area contributed by atoms with Gasteiger partial charge in [0.2, 0.25) is 11.2 Å². The molecular formula is C15H10O6. The second kappa shape index (κ2) is 4.45. The number of rotatable bonds is 1. The third-order valence-corrected chi connectivity index (χ3v) is 3.00. The molecule has 0 unspecified atom stereocenters. The molecule has 3 rings (SSSR count). The van der Waals surface area contributed by atoms with Gasteiger partial charge in [0.05, 0.1) is 1.37 Å². The van der Waals surface area contributed by atoms with Crippen LogP contribution in [0.2, 0.25) is 0 Å². The summed E-state index contributed by atoms with van der Waals surface area (Å²) in [5.74, 6) is -2.24. The van der Waals surface area contributed by atoms with Crippen molar-refractivity contribution in [3.63, 3.8) is 0 Å². The Kier molecular flexibility index (Phi) is 2.47. The highest BCUT2D eigenvalue weighted by molar-refractivity contribution is 5.88. The molecule has 0 fully saturated rings. The highest BCUT2D eigenvalue weighted by Gasteiger charge is 2.18. The van der Waals surface area contributed by atoms with Gasteiger partial charge in [-0.3, -0.25) is 4.79 Å². The standard InChI is InChI=1S/C15H10O6/c16-8-3-1-7(2-4-8)15-14(20)13(19)12-10(18)5-9(17)6-11(12)21-15/h1-6,16-18,20H/i5D. The monoisotopic (exact) mass is 287 g/mol.